The Morgan fingerprint density at radius 1 is 1.43 bits per heavy atom. The van der Waals surface area contributed by atoms with Crippen molar-refractivity contribution in [1.29, 1.82) is 0 Å². The van der Waals surface area contributed by atoms with Crippen LogP contribution in [0, 0.1) is 6.92 Å². The molecule has 0 unspecified atom stereocenters. The summed E-state index contributed by atoms with van der Waals surface area (Å²) in [5.74, 6) is 0.686. The van der Waals surface area contributed by atoms with Gasteiger partial charge in [0.1, 0.15) is 0 Å². The Bertz CT molecular complexity index is 576. The van der Waals surface area contributed by atoms with E-state index in [0.29, 0.717) is 12.1 Å². The van der Waals surface area contributed by atoms with Gasteiger partial charge in [0.15, 0.2) is 5.65 Å². The lowest BCUT2D eigenvalue weighted by Gasteiger charge is -2.22. The molecule has 6 heteroatoms. The van der Waals surface area contributed by atoms with Crippen molar-refractivity contribution in [3.05, 3.63) is 23.9 Å². The first-order chi connectivity index (χ1) is 10.3. The Kier molecular flexibility index (Phi) is 4.67. The predicted molar refractivity (Wildman–Crippen MR) is 82.7 cm³/mol. The molecule has 0 bridgehead atoms. The van der Waals surface area contributed by atoms with Crippen LogP contribution in [-0.4, -0.2) is 46.9 Å². The Balaban J connectivity index is 1.41. The minimum absolute atomic E-state index is 0.433. The largest absolute Gasteiger partial charge is 0.378 e. The number of hydrogen-bond acceptors (Lipinski definition) is 5. The third-order valence-corrected chi connectivity index (χ3v) is 3.80. The third-order valence-electron chi connectivity index (χ3n) is 3.80. The Morgan fingerprint density at radius 3 is 3.10 bits per heavy atom. The second kappa shape index (κ2) is 6.87. The fourth-order valence-corrected chi connectivity index (χ4v) is 2.60. The quantitative estimate of drug-likeness (QED) is 0.791. The van der Waals surface area contributed by atoms with E-state index >= 15 is 0 Å². The zero-order chi connectivity index (χ0) is 14.5. The van der Waals surface area contributed by atoms with Gasteiger partial charge < -0.3 is 15.4 Å². The van der Waals surface area contributed by atoms with Gasteiger partial charge in [-0.25, -0.2) is 4.52 Å². The van der Waals surface area contributed by atoms with E-state index in [1.807, 2.05) is 29.8 Å². The van der Waals surface area contributed by atoms with Crippen molar-refractivity contribution < 1.29 is 4.74 Å². The summed E-state index contributed by atoms with van der Waals surface area (Å²) in [6.07, 6.45) is 5.57. The van der Waals surface area contributed by atoms with Gasteiger partial charge in [-0.05, 0) is 50.9 Å². The van der Waals surface area contributed by atoms with E-state index in [1.54, 1.807) is 0 Å². The summed E-state index contributed by atoms with van der Waals surface area (Å²) in [7, 11) is 0. The van der Waals surface area contributed by atoms with E-state index in [-0.39, 0.29) is 0 Å². The Morgan fingerprint density at radius 2 is 2.29 bits per heavy atom. The van der Waals surface area contributed by atoms with Crippen LogP contribution >= 0.6 is 0 Å². The van der Waals surface area contributed by atoms with Crippen molar-refractivity contribution in [3.8, 4) is 0 Å². The normalized spacial score (nSPS) is 16.4. The van der Waals surface area contributed by atoms with Crippen LogP contribution in [0.15, 0.2) is 18.3 Å². The van der Waals surface area contributed by atoms with Gasteiger partial charge in [0, 0.05) is 19.3 Å². The molecule has 1 aliphatic rings. The van der Waals surface area contributed by atoms with Crippen LogP contribution in [0.3, 0.4) is 0 Å². The smallest absolute Gasteiger partial charge is 0.243 e. The standard InChI is InChI=1S/C15H23N5O/c1-12-4-2-10-20-14(12)18-15(19-20)17-7-3-11-21-13-5-8-16-9-6-13/h2,4,10,13,16H,3,5-9,11H2,1H3,(H,17,19). The van der Waals surface area contributed by atoms with E-state index in [9.17, 15) is 0 Å². The van der Waals surface area contributed by atoms with Crippen molar-refractivity contribution in [2.45, 2.75) is 32.3 Å². The minimum atomic E-state index is 0.433. The van der Waals surface area contributed by atoms with E-state index in [0.717, 1.165) is 56.7 Å². The maximum atomic E-state index is 5.87. The van der Waals surface area contributed by atoms with Gasteiger partial charge in [-0.1, -0.05) is 6.07 Å². The van der Waals surface area contributed by atoms with Gasteiger partial charge in [-0.3, -0.25) is 0 Å². The molecule has 2 aromatic heterocycles. The Hall–Kier alpha value is -1.66. The molecule has 3 rings (SSSR count). The van der Waals surface area contributed by atoms with E-state index in [1.165, 1.54) is 0 Å². The highest BCUT2D eigenvalue weighted by Gasteiger charge is 2.12. The molecule has 1 fully saturated rings. The number of anilines is 1. The fourth-order valence-electron chi connectivity index (χ4n) is 2.60. The number of nitrogens with one attached hydrogen (secondary N) is 2. The van der Waals surface area contributed by atoms with Crippen molar-refractivity contribution in [2.24, 2.45) is 0 Å². The van der Waals surface area contributed by atoms with Crippen LogP contribution in [0.25, 0.3) is 5.65 Å². The van der Waals surface area contributed by atoms with E-state index < -0.39 is 0 Å². The number of aryl methyl sites for hydroxylation is 1. The van der Waals surface area contributed by atoms with Crippen molar-refractivity contribution in [3.63, 3.8) is 0 Å². The van der Waals surface area contributed by atoms with Gasteiger partial charge in [-0.15, -0.1) is 5.10 Å². The zero-order valence-corrected chi connectivity index (χ0v) is 12.5. The fraction of sp³-hybridized carbons (Fsp3) is 0.600. The number of ether oxygens (including phenoxy) is 1. The monoisotopic (exact) mass is 289 g/mol. The number of hydrogen-bond donors (Lipinski definition) is 2. The summed E-state index contributed by atoms with van der Waals surface area (Å²) >= 11 is 0. The molecule has 0 atom stereocenters. The highest BCUT2D eigenvalue weighted by molar-refractivity contribution is 5.49. The maximum absolute atomic E-state index is 5.87. The zero-order valence-electron chi connectivity index (χ0n) is 12.5. The average Bonchev–Trinajstić information content (AvgIpc) is 2.92. The summed E-state index contributed by atoms with van der Waals surface area (Å²) < 4.78 is 7.68. The Labute approximate surface area is 124 Å². The molecule has 1 aliphatic heterocycles. The molecular weight excluding hydrogens is 266 g/mol. The van der Waals surface area contributed by atoms with Gasteiger partial charge in [0.05, 0.1) is 6.10 Å². The summed E-state index contributed by atoms with van der Waals surface area (Å²) in [6, 6.07) is 4.02. The molecule has 0 radical (unpaired) electrons. The molecule has 0 aliphatic carbocycles. The molecule has 6 nitrogen and oxygen atoms in total. The van der Waals surface area contributed by atoms with E-state index in [2.05, 4.69) is 20.7 Å². The lowest BCUT2D eigenvalue weighted by molar-refractivity contribution is 0.0329. The SMILES string of the molecule is Cc1cccn2nc(NCCCOC3CCNCC3)nc12. The molecule has 1 saturated heterocycles. The second-order valence-electron chi connectivity index (χ2n) is 5.50. The van der Waals surface area contributed by atoms with Crippen LogP contribution in [0.5, 0.6) is 0 Å². The van der Waals surface area contributed by atoms with E-state index in [4.69, 9.17) is 4.74 Å². The minimum Gasteiger partial charge on any atom is -0.378 e. The summed E-state index contributed by atoms with van der Waals surface area (Å²) in [4.78, 5) is 4.49. The molecule has 114 valence electrons. The predicted octanol–water partition coefficient (Wildman–Crippen LogP) is 1.61. The second-order valence-corrected chi connectivity index (χ2v) is 5.50. The molecular formula is C15H23N5O. The first-order valence-electron chi connectivity index (χ1n) is 7.71. The summed E-state index contributed by atoms with van der Waals surface area (Å²) in [6.45, 7) is 5.83. The molecule has 21 heavy (non-hydrogen) atoms. The van der Waals surface area contributed by atoms with Crippen LogP contribution in [0.4, 0.5) is 5.95 Å². The average molecular weight is 289 g/mol. The highest BCUT2D eigenvalue weighted by Crippen LogP contribution is 2.10. The third kappa shape index (κ3) is 3.71. The summed E-state index contributed by atoms with van der Waals surface area (Å²) in [5, 5.41) is 11.0. The van der Waals surface area contributed by atoms with Crippen LogP contribution < -0.4 is 10.6 Å². The number of pyridine rings is 1. The number of aromatic nitrogens is 3. The molecule has 0 aromatic carbocycles. The molecule has 0 amide bonds. The molecule has 2 aromatic rings. The van der Waals surface area contributed by atoms with Gasteiger partial charge in [0.25, 0.3) is 0 Å². The number of rotatable bonds is 6. The van der Waals surface area contributed by atoms with Gasteiger partial charge in [0.2, 0.25) is 5.95 Å². The number of piperidine rings is 1. The van der Waals surface area contributed by atoms with Gasteiger partial charge in [-0.2, -0.15) is 4.98 Å². The van der Waals surface area contributed by atoms with Crippen molar-refractivity contribution in [1.82, 2.24) is 19.9 Å². The summed E-state index contributed by atoms with van der Waals surface area (Å²) in [5.41, 5.74) is 2.04. The highest BCUT2D eigenvalue weighted by atomic mass is 16.5. The van der Waals surface area contributed by atoms with Crippen molar-refractivity contribution >= 4 is 11.6 Å². The molecule has 2 N–H and O–H groups in total. The number of nitrogens with zero attached hydrogens (tertiary/aromatic N) is 3. The molecule has 0 spiro atoms. The first kappa shape index (κ1) is 14.3. The lowest BCUT2D eigenvalue weighted by Crippen LogP contribution is -2.32. The molecule has 3 heterocycles. The maximum Gasteiger partial charge on any atom is 0.243 e. The van der Waals surface area contributed by atoms with Crippen LogP contribution in [0.2, 0.25) is 0 Å². The van der Waals surface area contributed by atoms with Crippen molar-refractivity contribution in [2.75, 3.05) is 31.6 Å². The lowest BCUT2D eigenvalue weighted by atomic mass is 10.1. The van der Waals surface area contributed by atoms with Crippen LogP contribution in [-0.2, 0) is 4.74 Å². The van der Waals surface area contributed by atoms with Gasteiger partial charge >= 0.3 is 0 Å². The topological polar surface area (TPSA) is 63.5 Å². The van der Waals surface area contributed by atoms with Crippen LogP contribution in [0.1, 0.15) is 24.8 Å². The number of fused-ring (bicyclic) bond motifs is 1. The molecule has 0 saturated carbocycles. The first-order valence-corrected chi connectivity index (χ1v) is 7.71.